The number of carbonyl (C=O) groups is 2. The highest BCUT2D eigenvalue weighted by atomic mass is 16.5. The van der Waals surface area contributed by atoms with E-state index in [4.69, 9.17) is 9.84 Å². The normalized spacial score (nSPS) is 13.7. The molecule has 0 radical (unpaired) electrons. The first kappa shape index (κ1) is 14.9. The van der Waals surface area contributed by atoms with Gasteiger partial charge >= 0.3 is 6.03 Å². The van der Waals surface area contributed by atoms with Gasteiger partial charge in [0.2, 0.25) is 5.91 Å². The van der Waals surface area contributed by atoms with Crippen molar-refractivity contribution in [1.82, 2.24) is 10.2 Å². The number of imide groups is 1. The first-order valence-electron chi connectivity index (χ1n) is 6.50. The molecule has 0 bridgehead atoms. The van der Waals surface area contributed by atoms with Crippen LogP contribution in [0.15, 0.2) is 18.2 Å². The Balaban J connectivity index is 2.29. The first-order valence-corrected chi connectivity index (χ1v) is 6.50. The molecular formula is C15H16N2O4. The summed E-state index contributed by atoms with van der Waals surface area (Å²) in [6.45, 7) is 0.158. The number of benzene rings is 1. The van der Waals surface area contributed by atoms with Crippen LogP contribution in [0, 0.1) is 11.8 Å². The van der Waals surface area contributed by atoms with E-state index in [-0.39, 0.29) is 25.6 Å². The average Bonchev–Trinajstić information content (AvgIpc) is 2.80. The minimum Gasteiger partial charge on any atom is -0.497 e. The van der Waals surface area contributed by atoms with Crippen molar-refractivity contribution in [2.75, 3.05) is 20.3 Å². The number of methoxy groups -OCH3 is 1. The van der Waals surface area contributed by atoms with E-state index in [1.54, 1.807) is 25.3 Å². The quantitative estimate of drug-likeness (QED) is 0.624. The Labute approximate surface area is 122 Å². The predicted octanol–water partition coefficient (Wildman–Crippen LogP) is 0.481. The number of rotatable bonds is 4. The Bertz CT molecular complexity index is 600. The number of amides is 3. The van der Waals surface area contributed by atoms with Gasteiger partial charge in [0.1, 0.15) is 5.75 Å². The largest absolute Gasteiger partial charge is 0.497 e. The van der Waals surface area contributed by atoms with Gasteiger partial charge in [-0.3, -0.25) is 9.69 Å². The molecule has 3 amide bonds. The third kappa shape index (κ3) is 3.52. The summed E-state index contributed by atoms with van der Waals surface area (Å²) < 4.78 is 5.16. The fourth-order valence-corrected chi connectivity index (χ4v) is 1.95. The predicted molar refractivity (Wildman–Crippen MR) is 75.5 cm³/mol. The highest BCUT2D eigenvalue weighted by Gasteiger charge is 2.28. The van der Waals surface area contributed by atoms with Gasteiger partial charge in [-0.25, -0.2) is 4.79 Å². The van der Waals surface area contributed by atoms with Crippen LogP contribution >= 0.6 is 0 Å². The average molecular weight is 288 g/mol. The standard InChI is InChI=1S/C15H16N2O4/c1-21-13-6-5-11(4-2-3-7-18)12(8-13)10-17-14(19)9-16-15(17)20/h5-6,8,18H,3,7,9-10H2,1H3,(H,16,20). The number of nitrogens with zero attached hydrogens (tertiary/aromatic N) is 1. The molecule has 1 heterocycles. The summed E-state index contributed by atoms with van der Waals surface area (Å²) in [5, 5.41) is 11.2. The molecule has 21 heavy (non-hydrogen) atoms. The lowest BCUT2D eigenvalue weighted by atomic mass is 10.1. The molecule has 0 aliphatic carbocycles. The fraction of sp³-hybridized carbons (Fsp3) is 0.333. The highest BCUT2D eigenvalue weighted by Crippen LogP contribution is 2.20. The second-order valence-corrected chi connectivity index (χ2v) is 4.44. The van der Waals surface area contributed by atoms with Gasteiger partial charge in [0.15, 0.2) is 0 Å². The van der Waals surface area contributed by atoms with E-state index in [2.05, 4.69) is 17.2 Å². The van der Waals surface area contributed by atoms with Crippen molar-refractivity contribution in [3.8, 4) is 17.6 Å². The molecule has 2 rings (SSSR count). The molecule has 1 fully saturated rings. The zero-order chi connectivity index (χ0) is 15.2. The van der Waals surface area contributed by atoms with Crippen molar-refractivity contribution >= 4 is 11.9 Å². The van der Waals surface area contributed by atoms with E-state index in [1.165, 1.54) is 0 Å². The highest BCUT2D eigenvalue weighted by molar-refractivity contribution is 6.01. The molecule has 0 saturated carbocycles. The summed E-state index contributed by atoms with van der Waals surface area (Å²) in [6.07, 6.45) is 0.370. The minimum absolute atomic E-state index is 0.00843. The molecule has 6 nitrogen and oxygen atoms in total. The Hall–Kier alpha value is -2.52. The van der Waals surface area contributed by atoms with Crippen molar-refractivity contribution < 1.29 is 19.4 Å². The molecule has 110 valence electrons. The molecule has 1 aromatic rings. The maximum absolute atomic E-state index is 11.7. The van der Waals surface area contributed by atoms with E-state index in [0.717, 1.165) is 10.5 Å². The Morgan fingerprint density at radius 3 is 2.86 bits per heavy atom. The number of carbonyl (C=O) groups excluding carboxylic acids is 2. The van der Waals surface area contributed by atoms with Crippen LogP contribution in [-0.2, 0) is 11.3 Å². The van der Waals surface area contributed by atoms with E-state index >= 15 is 0 Å². The van der Waals surface area contributed by atoms with Gasteiger partial charge in [-0.15, -0.1) is 0 Å². The van der Waals surface area contributed by atoms with Crippen LogP contribution in [-0.4, -0.2) is 42.2 Å². The van der Waals surface area contributed by atoms with Gasteiger partial charge in [-0.2, -0.15) is 0 Å². The second-order valence-electron chi connectivity index (χ2n) is 4.44. The number of urea groups is 1. The van der Waals surface area contributed by atoms with Crippen molar-refractivity contribution in [2.45, 2.75) is 13.0 Å². The van der Waals surface area contributed by atoms with Crippen molar-refractivity contribution in [2.24, 2.45) is 0 Å². The van der Waals surface area contributed by atoms with Gasteiger partial charge in [0.05, 0.1) is 26.8 Å². The zero-order valence-electron chi connectivity index (χ0n) is 11.7. The number of nitrogens with one attached hydrogen (secondary N) is 1. The molecule has 0 spiro atoms. The summed E-state index contributed by atoms with van der Waals surface area (Å²) in [6, 6.07) is 4.88. The monoisotopic (exact) mass is 288 g/mol. The SMILES string of the molecule is COc1ccc(C#CCCO)c(CN2C(=O)CNC2=O)c1. The summed E-state index contributed by atoms with van der Waals surface area (Å²) in [5.41, 5.74) is 1.43. The molecule has 2 N–H and O–H groups in total. The third-order valence-corrected chi connectivity index (χ3v) is 3.04. The molecule has 6 heteroatoms. The number of hydrogen-bond donors (Lipinski definition) is 2. The van der Waals surface area contributed by atoms with Crippen LogP contribution in [0.4, 0.5) is 4.79 Å². The Morgan fingerprint density at radius 1 is 1.43 bits per heavy atom. The molecule has 0 atom stereocenters. The molecule has 1 aliphatic rings. The zero-order valence-corrected chi connectivity index (χ0v) is 11.7. The third-order valence-electron chi connectivity index (χ3n) is 3.04. The summed E-state index contributed by atoms with van der Waals surface area (Å²) in [7, 11) is 1.55. The van der Waals surface area contributed by atoms with Gasteiger partial charge in [0.25, 0.3) is 0 Å². The molecule has 1 aromatic carbocycles. The van der Waals surface area contributed by atoms with E-state index in [9.17, 15) is 9.59 Å². The minimum atomic E-state index is -0.405. The van der Waals surface area contributed by atoms with Crippen molar-refractivity contribution in [3.05, 3.63) is 29.3 Å². The first-order chi connectivity index (χ1) is 10.2. The van der Waals surface area contributed by atoms with Crippen molar-refractivity contribution in [1.29, 1.82) is 0 Å². The number of aliphatic hydroxyl groups excluding tert-OH is 1. The van der Waals surface area contributed by atoms with Gasteiger partial charge in [0, 0.05) is 12.0 Å². The van der Waals surface area contributed by atoms with Crippen LogP contribution < -0.4 is 10.1 Å². The lowest BCUT2D eigenvalue weighted by Crippen LogP contribution is -2.30. The summed E-state index contributed by atoms with van der Waals surface area (Å²) >= 11 is 0. The Morgan fingerprint density at radius 2 is 2.24 bits per heavy atom. The van der Waals surface area contributed by atoms with E-state index < -0.39 is 6.03 Å². The van der Waals surface area contributed by atoms with Crippen LogP contribution in [0.25, 0.3) is 0 Å². The summed E-state index contributed by atoms with van der Waals surface area (Å²) in [5.74, 6) is 6.13. The van der Waals surface area contributed by atoms with E-state index in [1.807, 2.05) is 0 Å². The topological polar surface area (TPSA) is 78.9 Å². The maximum Gasteiger partial charge on any atom is 0.324 e. The molecular weight excluding hydrogens is 272 g/mol. The lowest BCUT2D eigenvalue weighted by molar-refractivity contribution is -0.125. The molecule has 1 saturated heterocycles. The van der Waals surface area contributed by atoms with Gasteiger partial charge in [-0.1, -0.05) is 11.8 Å². The van der Waals surface area contributed by atoms with E-state index in [0.29, 0.717) is 17.7 Å². The fourth-order valence-electron chi connectivity index (χ4n) is 1.95. The van der Waals surface area contributed by atoms with Gasteiger partial charge < -0.3 is 15.2 Å². The second kappa shape index (κ2) is 6.77. The van der Waals surface area contributed by atoms with Gasteiger partial charge in [-0.05, 0) is 23.8 Å². The lowest BCUT2D eigenvalue weighted by Gasteiger charge is -2.14. The smallest absolute Gasteiger partial charge is 0.324 e. The maximum atomic E-state index is 11.7. The number of aliphatic hydroxyl groups is 1. The summed E-state index contributed by atoms with van der Waals surface area (Å²) in [4.78, 5) is 24.4. The molecule has 1 aliphatic heterocycles. The van der Waals surface area contributed by atoms with Crippen LogP contribution in [0.2, 0.25) is 0 Å². The van der Waals surface area contributed by atoms with Crippen LogP contribution in [0.5, 0.6) is 5.75 Å². The number of hydrogen-bond acceptors (Lipinski definition) is 4. The van der Waals surface area contributed by atoms with Crippen molar-refractivity contribution in [3.63, 3.8) is 0 Å². The number of ether oxygens (including phenoxy) is 1. The Kier molecular flexibility index (Phi) is 4.80. The molecule has 0 unspecified atom stereocenters. The molecule has 0 aromatic heterocycles. The van der Waals surface area contributed by atoms with Crippen LogP contribution in [0.1, 0.15) is 17.5 Å². The van der Waals surface area contributed by atoms with Crippen LogP contribution in [0.3, 0.4) is 0 Å².